The molecule has 0 aliphatic rings. The Morgan fingerprint density at radius 3 is 2.00 bits per heavy atom. The molecule has 0 spiro atoms. The normalized spacial score (nSPS) is 10.7. The summed E-state index contributed by atoms with van der Waals surface area (Å²) in [5.41, 5.74) is 1.60. The maximum Gasteiger partial charge on any atom is 0.275 e. The molecule has 118 valence electrons. The van der Waals surface area contributed by atoms with Crippen molar-refractivity contribution in [3.63, 3.8) is 0 Å². The molecule has 0 bridgehead atoms. The van der Waals surface area contributed by atoms with Crippen molar-refractivity contribution in [2.75, 3.05) is 6.61 Å². The second kappa shape index (κ2) is 7.01. The second-order valence-electron chi connectivity index (χ2n) is 5.32. The Kier molecular flexibility index (Phi) is 4.62. The molecule has 0 saturated heterocycles. The number of unbranched alkanes of at least 4 members (excludes halogenated alkanes) is 1. The number of benzene rings is 2. The van der Waals surface area contributed by atoms with E-state index < -0.39 is 0 Å². The first-order valence-electron chi connectivity index (χ1n) is 7.90. The van der Waals surface area contributed by atoms with Gasteiger partial charge in [0.1, 0.15) is 0 Å². The van der Waals surface area contributed by atoms with Crippen LogP contribution in [0, 0.1) is 0 Å². The summed E-state index contributed by atoms with van der Waals surface area (Å²) in [6, 6.07) is 20.9. The number of aromatic nitrogens is 2. The summed E-state index contributed by atoms with van der Waals surface area (Å²) in [4.78, 5) is 12.5. The fraction of sp³-hybridized carbons (Fsp3) is 0.211. The van der Waals surface area contributed by atoms with Gasteiger partial charge in [-0.3, -0.25) is 4.79 Å². The van der Waals surface area contributed by atoms with E-state index >= 15 is 0 Å². The second-order valence-corrected chi connectivity index (χ2v) is 5.32. The van der Waals surface area contributed by atoms with Gasteiger partial charge in [0.15, 0.2) is 0 Å². The zero-order chi connectivity index (χ0) is 16.1. The molecule has 0 radical (unpaired) electrons. The molecule has 0 fully saturated rings. The van der Waals surface area contributed by atoms with Crippen LogP contribution in [0.2, 0.25) is 0 Å². The van der Waals surface area contributed by atoms with Crippen LogP contribution in [0.1, 0.15) is 19.8 Å². The molecule has 1 aromatic heterocycles. The highest BCUT2D eigenvalue weighted by Crippen LogP contribution is 2.20. The predicted octanol–water partition coefficient (Wildman–Crippen LogP) is 3.81. The van der Waals surface area contributed by atoms with Crippen LogP contribution in [0.5, 0.6) is 5.88 Å². The van der Waals surface area contributed by atoms with Crippen LogP contribution in [0.4, 0.5) is 0 Å². The van der Waals surface area contributed by atoms with Crippen molar-refractivity contribution < 1.29 is 4.74 Å². The van der Waals surface area contributed by atoms with E-state index in [1.807, 2.05) is 65.3 Å². The Bertz CT molecular complexity index is 804. The monoisotopic (exact) mass is 308 g/mol. The number of rotatable bonds is 6. The molecular weight excluding hydrogens is 288 g/mol. The summed E-state index contributed by atoms with van der Waals surface area (Å²) in [6.07, 6.45) is 2.01. The lowest BCUT2D eigenvalue weighted by Crippen LogP contribution is -2.20. The minimum atomic E-state index is -0.105. The third kappa shape index (κ3) is 3.21. The van der Waals surface area contributed by atoms with E-state index in [1.165, 1.54) is 0 Å². The standard InChI is InChI=1S/C19H20N2O2/c1-2-3-14-23-19-15-18(22)20(16-10-6-4-7-11-16)21(19)17-12-8-5-9-13-17/h4-13,15H,2-3,14H2,1H3. The zero-order valence-electron chi connectivity index (χ0n) is 13.2. The first kappa shape index (κ1) is 15.2. The Balaban J connectivity index is 2.13. The maximum atomic E-state index is 12.5. The Hall–Kier alpha value is -2.75. The van der Waals surface area contributed by atoms with Crippen LogP contribution >= 0.6 is 0 Å². The quantitative estimate of drug-likeness (QED) is 0.649. The van der Waals surface area contributed by atoms with Gasteiger partial charge < -0.3 is 4.74 Å². The predicted molar refractivity (Wildman–Crippen MR) is 91.8 cm³/mol. The SMILES string of the molecule is CCCCOc1cc(=O)n(-c2ccccc2)n1-c1ccccc1. The summed E-state index contributed by atoms with van der Waals surface area (Å²) in [6.45, 7) is 2.71. The third-order valence-corrected chi connectivity index (χ3v) is 3.61. The van der Waals surface area contributed by atoms with Crippen molar-refractivity contribution in [2.45, 2.75) is 19.8 Å². The van der Waals surface area contributed by atoms with Gasteiger partial charge in [0.25, 0.3) is 5.56 Å². The van der Waals surface area contributed by atoms with Crippen molar-refractivity contribution in [3.05, 3.63) is 77.1 Å². The van der Waals surface area contributed by atoms with Crippen LogP contribution in [0.3, 0.4) is 0 Å². The topological polar surface area (TPSA) is 36.2 Å². The van der Waals surface area contributed by atoms with E-state index in [4.69, 9.17) is 4.74 Å². The van der Waals surface area contributed by atoms with Gasteiger partial charge >= 0.3 is 0 Å². The van der Waals surface area contributed by atoms with E-state index in [1.54, 1.807) is 10.7 Å². The molecule has 0 saturated carbocycles. The lowest BCUT2D eigenvalue weighted by atomic mass is 10.3. The summed E-state index contributed by atoms with van der Waals surface area (Å²) >= 11 is 0. The van der Waals surface area contributed by atoms with Crippen molar-refractivity contribution >= 4 is 0 Å². The van der Waals surface area contributed by atoms with Crippen molar-refractivity contribution in [1.29, 1.82) is 0 Å². The maximum absolute atomic E-state index is 12.5. The van der Waals surface area contributed by atoms with Gasteiger partial charge in [-0.2, -0.15) is 0 Å². The van der Waals surface area contributed by atoms with Crippen molar-refractivity contribution in [3.8, 4) is 17.3 Å². The first-order valence-corrected chi connectivity index (χ1v) is 7.90. The van der Waals surface area contributed by atoms with Crippen LogP contribution < -0.4 is 10.3 Å². The highest BCUT2D eigenvalue weighted by molar-refractivity contribution is 5.40. The fourth-order valence-electron chi connectivity index (χ4n) is 2.47. The molecule has 0 amide bonds. The average Bonchev–Trinajstić information content (AvgIpc) is 2.93. The number of para-hydroxylation sites is 2. The van der Waals surface area contributed by atoms with E-state index in [0.29, 0.717) is 12.5 Å². The minimum absolute atomic E-state index is 0.105. The lowest BCUT2D eigenvalue weighted by Gasteiger charge is -2.15. The highest BCUT2D eigenvalue weighted by Gasteiger charge is 2.15. The van der Waals surface area contributed by atoms with Crippen molar-refractivity contribution in [1.82, 2.24) is 9.36 Å². The van der Waals surface area contributed by atoms with Crippen LogP contribution in [0.15, 0.2) is 71.5 Å². The smallest absolute Gasteiger partial charge is 0.275 e. The van der Waals surface area contributed by atoms with E-state index in [2.05, 4.69) is 6.92 Å². The van der Waals surface area contributed by atoms with Crippen LogP contribution in [-0.2, 0) is 0 Å². The molecule has 23 heavy (non-hydrogen) atoms. The van der Waals surface area contributed by atoms with E-state index in [9.17, 15) is 4.79 Å². The number of hydrogen-bond donors (Lipinski definition) is 0. The molecule has 0 aliphatic carbocycles. The molecule has 0 atom stereocenters. The van der Waals surface area contributed by atoms with Crippen LogP contribution in [0.25, 0.3) is 11.4 Å². The van der Waals surface area contributed by atoms with Gasteiger partial charge in [-0.05, 0) is 30.7 Å². The summed E-state index contributed by atoms with van der Waals surface area (Å²) in [7, 11) is 0. The molecular formula is C19H20N2O2. The molecule has 4 nitrogen and oxygen atoms in total. The Morgan fingerprint density at radius 1 is 0.870 bits per heavy atom. The Labute approximate surface area is 135 Å². The van der Waals surface area contributed by atoms with Crippen LogP contribution in [-0.4, -0.2) is 16.0 Å². The molecule has 1 heterocycles. The Morgan fingerprint density at radius 2 is 1.43 bits per heavy atom. The van der Waals surface area contributed by atoms with Gasteiger partial charge in [-0.15, -0.1) is 0 Å². The summed E-state index contributed by atoms with van der Waals surface area (Å²) in [5, 5.41) is 0. The third-order valence-electron chi connectivity index (χ3n) is 3.61. The largest absolute Gasteiger partial charge is 0.478 e. The summed E-state index contributed by atoms with van der Waals surface area (Å²) in [5.74, 6) is 0.568. The average molecular weight is 308 g/mol. The van der Waals surface area contributed by atoms with Gasteiger partial charge in [-0.25, -0.2) is 9.36 Å². The number of ether oxygens (including phenoxy) is 1. The van der Waals surface area contributed by atoms with E-state index in [-0.39, 0.29) is 5.56 Å². The molecule has 3 rings (SSSR count). The molecule has 0 N–H and O–H groups in total. The molecule has 0 aliphatic heterocycles. The molecule has 0 unspecified atom stereocenters. The highest BCUT2D eigenvalue weighted by atomic mass is 16.5. The summed E-state index contributed by atoms with van der Waals surface area (Å²) < 4.78 is 9.32. The fourth-order valence-corrected chi connectivity index (χ4v) is 2.47. The first-order chi connectivity index (χ1) is 11.3. The van der Waals surface area contributed by atoms with Gasteiger partial charge in [-0.1, -0.05) is 49.7 Å². The zero-order valence-corrected chi connectivity index (χ0v) is 13.2. The number of nitrogens with zero attached hydrogens (tertiary/aromatic N) is 2. The lowest BCUT2D eigenvalue weighted by molar-refractivity contribution is 0.286. The van der Waals surface area contributed by atoms with Crippen molar-refractivity contribution in [2.24, 2.45) is 0 Å². The molecule has 3 aromatic rings. The van der Waals surface area contributed by atoms with Gasteiger partial charge in [0.2, 0.25) is 5.88 Å². The van der Waals surface area contributed by atoms with Gasteiger partial charge in [0, 0.05) is 0 Å². The molecule has 4 heteroatoms. The van der Waals surface area contributed by atoms with Gasteiger partial charge in [0.05, 0.1) is 24.0 Å². The van der Waals surface area contributed by atoms with E-state index in [0.717, 1.165) is 24.2 Å². The molecule has 2 aromatic carbocycles. The number of hydrogen-bond acceptors (Lipinski definition) is 2. The minimum Gasteiger partial charge on any atom is -0.478 e.